The molecule has 0 atom stereocenters. The van der Waals surface area contributed by atoms with E-state index in [4.69, 9.17) is 11.6 Å². The lowest BCUT2D eigenvalue weighted by Crippen LogP contribution is -1.94. The first-order chi connectivity index (χ1) is 7.79. The number of hydrogen-bond donors (Lipinski definition) is 0. The van der Waals surface area contributed by atoms with Gasteiger partial charge in [0.15, 0.2) is 5.16 Å². The molecule has 16 heavy (non-hydrogen) atoms. The van der Waals surface area contributed by atoms with Crippen molar-refractivity contribution < 1.29 is 0 Å². The number of aryl methyl sites for hydroxylation is 1. The number of rotatable bonds is 4. The van der Waals surface area contributed by atoms with Crippen molar-refractivity contribution in [3.63, 3.8) is 0 Å². The second-order valence-electron chi connectivity index (χ2n) is 3.41. The van der Waals surface area contributed by atoms with Crippen molar-refractivity contribution in [2.24, 2.45) is 0 Å². The van der Waals surface area contributed by atoms with Crippen molar-refractivity contribution in [2.75, 3.05) is 0 Å². The van der Waals surface area contributed by atoms with Crippen LogP contribution in [0.25, 0.3) is 0 Å². The molecule has 0 unspecified atom stereocenters. The van der Waals surface area contributed by atoms with Gasteiger partial charge in [0, 0.05) is 29.7 Å². The molecule has 0 fully saturated rings. The zero-order valence-electron chi connectivity index (χ0n) is 9.06. The van der Waals surface area contributed by atoms with Gasteiger partial charge in [-0.05, 0) is 24.6 Å². The van der Waals surface area contributed by atoms with Gasteiger partial charge in [-0.15, -0.1) is 0 Å². The fourth-order valence-electron chi connectivity index (χ4n) is 1.45. The average molecular weight is 253 g/mol. The summed E-state index contributed by atoms with van der Waals surface area (Å²) < 4.78 is 2.13. The Hall–Kier alpha value is -0.930. The normalized spacial score (nSPS) is 10.6. The maximum absolute atomic E-state index is 5.93. The summed E-state index contributed by atoms with van der Waals surface area (Å²) in [6, 6.07) is 7.94. The van der Waals surface area contributed by atoms with Crippen LogP contribution < -0.4 is 0 Å². The second kappa shape index (κ2) is 5.41. The topological polar surface area (TPSA) is 17.8 Å². The second-order valence-corrected chi connectivity index (χ2v) is 4.79. The number of thioether (sulfide) groups is 1. The largest absolute Gasteiger partial charge is 0.326 e. The highest BCUT2D eigenvalue weighted by molar-refractivity contribution is 7.98. The molecule has 2 nitrogen and oxygen atoms in total. The van der Waals surface area contributed by atoms with Gasteiger partial charge in [-0.3, -0.25) is 0 Å². The zero-order valence-corrected chi connectivity index (χ0v) is 10.6. The third-order valence-electron chi connectivity index (χ3n) is 2.27. The first-order valence-corrected chi connectivity index (χ1v) is 6.54. The van der Waals surface area contributed by atoms with E-state index in [1.54, 1.807) is 11.8 Å². The molecule has 0 bridgehead atoms. The summed E-state index contributed by atoms with van der Waals surface area (Å²) in [4.78, 5) is 4.32. The number of nitrogens with zero attached hydrogens (tertiary/aromatic N) is 2. The van der Waals surface area contributed by atoms with Crippen molar-refractivity contribution in [1.82, 2.24) is 9.55 Å². The number of hydrogen-bond acceptors (Lipinski definition) is 2. The lowest BCUT2D eigenvalue weighted by molar-refractivity contribution is 0.681. The van der Waals surface area contributed by atoms with Gasteiger partial charge in [0.05, 0.1) is 0 Å². The maximum Gasteiger partial charge on any atom is 0.168 e. The van der Waals surface area contributed by atoms with Crippen LogP contribution in [0.5, 0.6) is 0 Å². The van der Waals surface area contributed by atoms with E-state index in [0.29, 0.717) is 0 Å². The van der Waals surface area contributed by atoms with E-state index >= 15 is 0 Å². The Morgan fingerprint density at radius 1 is 1.44 bits per heavy atom. The molecule has 4 heteroatoms. The van der Waals surface area contributed by atoms with Gasteiger partial charge in [-0.2, -0.15) is 0 Å². The minimum atomic E-state index is 0.789. The highest BCUT2D eigenvalue weighted by Crippen LogP contribution is 2.22. The summed E-state index contributed by atoms with van der Waals surface area (Å²) in [6.45, 7) is 3.07. The Labute approximate surface area is 105 Å². The van der Waals surface area contributed by atoms with Crippen LogP contribution in [-0.2, 0) is 12.3 Å². The molecule has 1 aromatic carbocycles. The first kappa shape index (κ1) is 11.6. The molecule has 0 saturated carbocycles. The Morgan fingerprint density at radius 2 is 2.31 bits per heavy atom. The molecule has 0 saturated heterocycles. The maximum atomic E-state index is 5.93. The van der Waals surface area contributed by atoms with Crippen molar-refractivity contribution >= 4 is 23.4 Å². The van der Waals surface area contributed by atoms with Crippen LogP contribution in [0.3, 0.4) is 0 Å². The minimum Gasteiger partial charge on any atom is -0.326 e. The van der Waals surface area contributed by atoms with Crippen molar-refractivity contribution in [3.8, 4) is 0 Å². The molecule has 0 radical (unpaired) electrons. The van der Waals surface area contributed by atoms with E-state index in [1.807, 2.05) is 30.6 Å². The number of benzene rings is 1. The van der Waals surface area contributed by atoms with Crippen LogP contribution in [0.2, 0.25) is 5.02 Å². The summed E-state index contributed by atoms with van der Waals surface area (Å²) in [5.74, 6) is 0.900. The third-order valence-corrected chi connectivity index (χ3v) is 3.59. The van der Waals surface area contributed by atoms with Crippen LogP contribution in [0.4, 0.5) is 0 Å². The number of aromatic nitrogens is 2. The van der Waals surface area contributed by atoms with E-state index in [2.05, 4.69) is 22.5 Å². The van der Waals surface area contributed by atoms with Gasteiger partial charge in [0.2, 0.25) is 0 Å². The molecular formula is C12H13ClN2S. The molecule has 1 heterocycles. The van der Waals surface area contributed by atoms with Crippen LogP contribution in [0, 0.1) is 0 Å². The van der Waals surface area contributed by atoms with E-state index in [-0.39, 0.29) is 0 Å². The van der Waals surface area contributed by atoms with E-state index in [9.17, 15) is 0 Å². The minimum absolute atomic E-state index is 0.789. The molecular weight excluding hydrogens is 240 g/mol. The van der Waals surface area contributed by atoms with Crippen LogP contribution in [-0.4, -0.2) is 9.55 Å². The molecule has 2 rings (SSSR count). The first-order valence-electron chi connectivity index (χ1n) is 5.18. The standard InChI is InChI=1S/C12H13ClN2S/c1-2-15-7-6-14-12(15)16-9-10-4-3-5-11(13)8-10/h3-8H,2,9H2,1H3. The highest BCUT2D eigenvalue weighted by atomic mass is 35.5. The van der Waals surface area contributed by atoms with E-state index in [0.717, 1.165) is 22.5 Å². The number of imidazole rings is 1. The Bertz CT molecular complexity index is 468. The van der Waals surface area contributed by atoms with Gasteiger partial charge in [0.1, 0.15) is 0 Å². The molecule has 0 aliphatic heterocycles. The fraction of sp³-hybridized carbons (Fsp3) is 0.250. The lowest BCUT2D eigenvalue weighted by atomic mass is 10.2. The SMILES string of the molecule is CCn1ccnc1SCc1cccc(Cl)c1. The molecule has 0 amide bonds. The van der Waals surface area contributed by atoms with Crippen LogP contribution in [0.1, 0.15) is 12.5 Å². The summed E-state index contributed by atoms with van der Waals surface area (Å²) in [6.07, 6.45) is 3.84. The fourth-order valence-corrected chi connectivity index (χ4v) is 2.63. The lowest BCUT2D eigenvalue weighted by Gasteiger charge is -2.04. The Morgan fingerprint density at radius 3 is 3.06 bits per heavy atom. The molecule has 0 aliphatic rings. The predicted molar refractivity (Wildman–Crippen MR) is 68.9 cm³/mol. The van der Waals surface area contributed by atoms with E-state index in [1.165, 1.54) is 5.56 Å². The van der Waals surface area contributed by atoms with Crippen molar-refractivity contribution in [3.05, 3.63) is 47.2 Å². The summed E-state index contributed by atoms with van der Waals surface area (Å²) in [7, 11) is 0. The smallest absolute Gasteiger partial charge is 0.168 e. The molecule has 0 N–H and O–H groups in total. The monoisotopic (exact) mass is 252 g/mol. The van der Waals surface area contributed by atoms with Gasteiger partial charge in [-0.25, -0.2) is 4.98 Å². The summed E-state index contributed by atoms with van der Waals surface area (Å²) in [5, 5.41) is 1.85. The molecule has 0 spiro atoms. The molecule has 84 valence electrons. The third kappa shape index (κ3) is 2.80. The van der Waals surface area contributed by atoms with Gasteiger partial charge >= 0.3 is 0 Å². The van der Waals surface area contributed by atoms with Gasteiger partial charge < -0.3 is 4.57 Å². The van der Waals surface area contributed by atoms with Crippen LogP contribution in [0.15, 0.2) is 41.8 Å². The zero-order chi connectivity index (χ0) is 11.4. The number of halogens is 1. The van der Waals surface area contributed by atoms with Crippen molar-refractivity contribution in [2.45, 2.75) is 24.4 Å². The molecule has 0 aliphatic carbocycles. The average Bonchev–Trinajstić information content (AvgIpc) is 2.74. The molecule has 2 aromatic rings. The quantitative estimate of drug-likeness (QED) is 0.770. The van der Waals surface area contributed by atoms with Gasteiger partial charge in [-0.1, -0.05) is 35.5 Å². The summed E-state index contributed by atoms with van der Waals surface area (Å²) in [5.41, 5.74) is 1.23. The molecule has 1 aromatic heterocycles. The highest BCUT2D eigenvalue weighted by Gasteiger charge is 2.02. The van der Waals surface area contributed by atoms with Crippen LogP contribution >= 0.6 is 23.4 Å². The van der Waals surface area contributed by atoms with Crippen molar-refractivity contribution in [1.29, 1.82) is 0 Å². The Balaban J connectivity index is 2.02. The summed E-state index contributed by atoms with van der Waals surface area (Å²) >= 11 is 7.67. The van der Waals surface area contributed by atoms with E-state index < -0.39 is 0 Å². The predicted octanol–water partition coefficient (Wildman–Crippen LogP) is 3.85. The van der Waals surface area contributed by atoms with Gasteiger partial charge in [0.25, 0.3) is 0 Å². The Kier molecular flexibility index (Phi) is 3.91.